The summed E-state index contributed by atoms with van der Waals surface area (Å²) in [6.45, 7) is 2.90. The van der Waals surface area contributed by atoms with E-state index in [0.717, 1.165) is 18.1 Å². The molecule has 4 rings (SSSR count). The summed E-state index contributed by atoms with van der Waals surface area (Å²) in [7, 11) is -3.75. The summed E-state index contributed by atoms with van der Waals surface area (Å²) < 4.78 is 66.4. The van der Waals surface area contributed by atoms with Gasteiger partial charge in [-0.05, 0) is 41.3 Å². The van der Waals surface area contributed by atoms with Gasteiger partial charge in [0.25, 0.3) is 5.69 Å². The molecule has 1 heterocycles. The van der Waals surface area contributed by atoms with Crippen LogP contribution in [-0.4, -0.2) is 60.0 Å². The van der Waals surface area contributed by atoms with Crippen molar-refractivity contribution in [3.8, 4) is 11.1 Å². The van der Waals surface area contributed by atoms with E-state index in [1.54, 1.807) is 0 Å². The fraction of sp³-hybridized carbons (Fsp3) is 0.308. The summed E-state index contributed by atoms with van der Waals surface area (Å²) in [5.74, 6) is 0. The molecular formula is C26H26F3N3O5S. The lowest BCUT2D eigenvalue weighted by Gasteiger charge is -2.34. The number of benzene rings is 3. The van der Waals surface area contributed by atoms with Crippen LogP contribution < -0.4 is 0 Å². The maximum Gasteiger partial charge on any atom is 0.421 e. The molecule has 1 saturated heterocycles. The fourth-order valence-corrected chi connectivity index (χ4v) is 5.65. The second-order valence-electron chi connectivity index (χ2n) is 9.28. The van der Waals surface area contributed by atoms with Gasteiger partial charge in [0.1, 0.15) is 0 Å². The average Bonchev–Trinajstić information content (AvgIpc) is 2.89. The summed E-state index contributed by atoms with van der Waals surface area (Å²) in [6, 6.07) is 18.0. The number of rotatable bonds is 7. The summed E-state index contributed by atoms with van der Waals surface area (Å²) in [5.41, 5.74) is -0.821. The zero-order valence-electron chi connectivity index (χ0n) is 20.4. The van der Waals surface area contributed by atoms with Crippen LogP contribution in [0.5, 0.6) is 0 Å². The highest BCUT2D eigenvalue weighted by atomic mass is 32.2. The fourth-order valence-electron chi connectivity index (χ4n) is 4.23. The molecule has 3 aromatic carbocycles. The van der Waals surface area contributed by atoms with Gasteiger partial charge in [-0.1, -0.05) is 48.5 Å². The van der Waals surface area contributed by atoms with Crippen LogP contribution >= 0.6 is 0 Å². The molecule has 1 aliphatic heterocycles. The number of nitrogens with zero attached hydrogens (tertiary/aromatic N) is 3. The standard InChI is InChI=1S/C26H26F3N3O5S/c1-25(33,26(27,28)29)22-8-6-21(7-9-22)20-4-2-19(3-5-20)18-30-14-16-31(17-15-30)38(36,37)24-12-10-23(11-13-24)32(34)35/h2-13,33H,14-18H2,1H3. The Bertz CT molecular complexity index is 1380. The SMILES string of the molecule is CC(O)(c1ccc(-c2ccc(CN3CCN(S(=O)(=O)c4ccc([N+](=O)[O-])cc4)CC3)cc2)cc1)C(F)(F)F. The van der Waals surface area contributed by atoms with E-state index in [-0.39, 0.29) is 29.2 Å². The van der Waals surface area contributed by atoms with Gasteiger partial charge in [-0.15, -0.1) is 0 Å². The third kappa shape index (κ3) is 5.73. The average molecular weight is 550 g/mol. The molecule has 0 spiro atoms. The van der Waals surface area contributed by atoms with Crippen molar-refractivity contribution in [2.45, 2.75) is 30.1 Å². The third-order valence-corrected chi connectivity index (χ3v) is 8.62. The van der Waals surface area contributed by atoms with Crippen molar-refractivity contribution in [2.24, 2.45) is 0 Å². The van der Waals surface area contributed by atoms with Crippen LogP contribution in [0.15, 0.2) is 77.7 Å². The second-order valence-corrected chi connectivity index (χ2v) is 11.2. The van der Waals surface area contributed by atoms with E-state index in [9.17, 15) is 36.8 Å². The Morgan fingerprint density at radius 1 is 0.868 bits per heavy atom. The number of piperazine rings is 1. The van der Waals surface area contributed by atoms with Gasteiger partial charge in [0.05, 0.1) is 9.82 Å². The van der Waals surface area contributed by atoms with Crippen molar-refractivity contribution in [3.05, 3.63) is 94.0 Å². The Labute approximate surface area is 218 Å². The second kappa shape index (κ2) is 10.4. The minimum absolute atomic E-state index is 0.0159. The van der Waals surface area contributed by atoms with E-state index in [1.165, 1.54) is 52.8 Å². The van der Waals surface area contributed by atoms with Crippen LogP contribution in [0.2, 0.25) is 0 Å². The molecule has 8 nitrogen and oxygen atoms in total. The Balaban J connectivity index is 1.35. The highest BCUT2D eigenvalue weighted by Crippen LogP contribution is 2.39. The number of aliphatic hydroxyl groups is 1. The van der Waals surface area contributed by atoms with Gasteiger partial charge < -0.3 is 5.11 Å². The molecule has 0 bridgehead atoms. The first kappa shape index (κ1) is 27.7. The molecule has 202 valence electrons. The molecule has 1 aliphatic rings. The molecule has 1 N–H and O–H groups in total. The summed E-state index contributed by atoms with van der Waals surface area (Å²) >= 11 is 0. The first-order chi connectivity index (χ1) is 17.8. The van der Waals surface area contributed by atoms with Gasteiger partial charge >= 0.3 is 6.18 Å². The number of halogens is 3. The highest BCUT2D eigenvalue weighted by Gasteiger charge is 2.51. The largest absolute Gasteiger partial charge is 0.421 e. The van der Waals surface area contributed by atoms with Gasteiger partial charge in [-0.25, -0.2) is 8.42 Å². The molecule has 0 amide bonds. The van der Waals surface area contributed by atoms with Gasteiger partial charge in [-0.2, -0.15) is 17.5 Å². The minimum atomic E-state index is -4.78. The first-order valence-electron chi connectivity index (χ1n) is 11.7. The van der Waals surface area contributed by atoms with Crippen molar-refractivity contribution in [1.82, 2.24) is 9.21 Å². The van der Waals surface area contributed by atoms with Crippen LogP contribution in [0, 0.1) is 10.1 Å². The van der Waals surface area contributed by atoms with E-state index in [4.69, 9.17) is 0 Å². The van der Waals surface area contributed by atoms with Crippen molar-refractivity contribution >= 4 is 15.7 Å². The zero-order chi connectivity index (χ0) is 27.7. The molecular weight excluding hydrogens is 523 g/mol. The number of non-ortho nitro benzene ring substituents is 1. The topological polar surface area (TPSA) is 104 Å². The number of nitro benzene ring substituents is 1. The lowest BCUT2D eigenvalue weighted by molar-refractivity contribution is -0.384. The van der Waals surface area contributed by atoms with Crippen molar-refractivity contribution in [3.63, 3.8) is 0 Å². The zero-order valence-corrected chi connectivity index (χ0v) is 21.2. The van der Waals surface area contributed by atoms with E-state index in [0.29, 0.717) is 25.2 Å². The molecule has 0 aliphatic carbocycles. The maximum atomic E-state index is 13.1. The lowest BCUT2D eigenvalue weighted by Crippen LogP contribution is -2.48. The minimum Gasteiger partial charge on any atom is -0.376 e. The van der Waals surface area contributed by atoms with Gasteiger partial charge in [-0.3, -0.25) is 15.0 Å². The maximum absolute atomic E-state index is 13.1. The van der Waals surface area contributed by atoms with Crippen LogP contribution in [-0.2, 0) is 22.2 Å². The van der Waals surface area contributed by atoms with Crippen molar-refractivity contribution < 1.29 is 31.6 Å². The van der Waals surface area contributed by atoms with E-state index in [2.05, 4.69) is 4.90 Å². The molecule has 1 unspecified atom stereocenters. The van der Waals surface area contributed by atoms with Gasteiger partial charge in [0, 0.05) is 44.9 Å². The van der Waals surface area contributed by atoms with E-state index in [1.807, 2.05) is 24.3 Å². The van der Waals surface area contributed by atoms with Crippen LogP contribution in [0.1, 0.15) is 18.1 Å². The molecule has 0 saturated carbocycles. The molecule has 1 atom stereocenters. The van der Waals surface area contributed by atoms with Crippen molar-refractivity contribution in [1.29, 1.82) is 0 Å². The van der Waals surface area contributed by atoms with Crippen LogP contribution in [0.3, 0.4) is 0 Å². The van der Waals surface area contributed by atoms with Crippen LogP contribution in [0.4, 0.5) is 18.9 Å². The normalized spacial score (nSPS) is 17.2. The van der Waals surface area contributed by atoms with Crippen LogP contribution in [0.25, 0.3) is 11.1 Å². The summed E-state index contributed by atoms with van der Waals surface area (Å²) in [4.78, 5) is 12.4. The van der Waals surface area contributed by atoms with Gasteiger partial charge in [0.2, 0.25) is 10.0 Å². The predicted molar refractivity (Wildman–Crippen MR) is 135 cm³/mol. The summed E-state index contributed by atoms with van der Waals surface area (Å²) in [6.07, 6.45) is -4.78. The van der Waals surface area contributed by atoms with E-state index >= 15 is 0 Å². The number of alkyl halides is 3. The Kier molecular flexibility index (Phi) is 7.62. The van der Waals surface area contributed by atoms with Crippen molar-refractivity contribution in [2.75, 3.05) is 26.2 Å². The summed E-state index contributed by atoms with van der Waals surface area (Å²) in [5, 5.41) is 20.6. The molecule has 1 fully saturated rings. The number of hydrogen-bond acceptors (Lipinski definition) is 6. The third-order valence-electron chi connectivity index (χ3n) is 6.71. The lowest BCUT2D eigenvalue weighted by atomic mass is 9.93. The highest BCUT2D eigenvalue weighted by molar-refractivity contribution is 7.89. The molecule has 3 aromatic rings. The molecule has 12 heteroatoms. The first-order valence-corrected chi connectivity index (χ1v) is 13.2. The van der Waals surface area contributed by atoms with Gasteiger partial charge in [0.15, 0.2) is 5.60 Å². The molecule has 0 radical (unpaired) electrons. The monoisotopic (exact) mass is 549 g/mol. The Morgan fingerprint density at radius 3 is 1.84 bits per heavy atom. The molecule has 0 aromatic heterocycles. The quantitative estimate of drug-likeness (QED) is 0.343. The Hall–Kier alpha value is -3.32. The Morgan fingerprint density at radius 2 is 1.37 bits per heavy atom. The molecule has 38 heavy (non-hydrogen) atoms. The smallest absolute Gasteiger partial charge is 0.376 e. The number of sulfonamides is 1. The number of nitro groups is 1. The predicted octanol–water partition coefficient (Wildman–Crippen LogP) is 4.54. The number of hydrogen-bond donors (Lipinski definition) is 1. The van der Waals surface area contributed by atoms with E-state index < -0.39 is 26.7 Å².